The Hall–Kier alpha value is -2.90. The van der Waals surface area contributed by atoms with Gasteiger partial charge in [0.15, 0.2) is 0 Å². The van der Waals surface area contributed by atoms with Crippen LogP contribution in [0.4, 0.5) is 11.4 Å². The summed E-state index contributed by atoms with van der Waals surface area (Å²) >= 11 is 0. The van der Waals surface area contributed by atoms with Crippen LogP contribution < -0.4 is 0 Å². The Balaban J connectivity index is 2.83. The second-order valence-corrected chi connectivity index (χ2v) is 7.87. The highest BCUT2D eigenvalue weighted by Crippen LogP contribution is 2.34. The molecule has 0 heterocycles. The van der Waals surface area contributed by atoms with Crippen LogP contribution in [0.3, 0.4) is 0 Å². The minimum atomic E-state index is -4.94. The molecule has 0 spiro atoms. The van der Waals surface area contributed by atoms with Gasteiger partial charge in [-0.15, -0.1) is 0 Å². The summed E-state index contributed by atoms with van der Waals surface area (Å²) < 4.78 is 57.2. The maximum absolute atomic E-state index is 12.7. The zero-order chi connectivity index (χ0) is 19.0. The van der Waals surface area contributed by atoms with Crippen molar-refractivity contribution in [2.45, 2.75) is 14.7 Å². The summed E-state index contributed by atoms with van der Waals surface area (Å²) in [6.45, 7) is 0. The SMILES string of the molecule is O=[N+]([O-])c1ccc(S(=O)(=O)c2ccccc2S(=O)(=O)O)c([N+](=O)[O-])c1. The second kappa shape index (κ2) is 6.19. The fourth-order valence-corrected chi connectivity index (χ4v) is 4.69. The summed E-state index contributed by atoms with van der Waals surface area (Å²) in [5, 5.41) is 21.8. The Morgan fingerprint density at radius 2 is 1.36 bits per heavy atom. The first kappa shape index (κ1) is 18.4. The Morgan fingerprint density at radius 3 is 1.84 bits per heavy atom. The van der Waals surface area contributed by atoms with Gasteiger partial charge in [0.1, 0.15) is 9.79 Å². The fourth-order valence-electron chi connectivity index (χ4n) is 1.99. The van der Waals surface area contributed by atoms with E-state index in [0.29, 0.717) is 12.1 Å². The number of nitro groups is 2. The van der Waals surface area contributed by atoms with E-state index in [1.54, 1.807) is 0 Å². The highest BCUT2D eigenvalue weighted by molar-refractivity contribution is 7.93. The largest absolute Gasteiger partial charge is 0.295 e. The quantitative estimate of drug-likeness (QED) is 0.452. The molecule has 1 N–H and O–H groups in total. The lowest BCUT2D eigenvalue weighted by Gasteiger charge is -2.09. The van der Waals surface area contributed by atoms with Gasteiger partial charge in [0.25, 0.3) is 21.5 Å². The van der Waals surface area contributed by atoms with E-state index in [0.717, 1.165) is 30.3 Å². The molecule has 11 nitrogen and oxygen atoms in total. The van der Waals surface area contributed by atoms with E-state index >= 15 is 0 Å². The Morgan fingerprint density at radius 1 is 0.800 bits per heavy atom. The van der Waals surface area contributed by atoms with E-state index in [9.17, 15) is 37.1 Å². The van der Waals surface area contributed by atoms with Gasteiger partial charge in [0, 0.05) is 6.07 Å². The van der Waals surface area contributed by atoms with Gasteiger partial charge in [0.2, 0.25) is 9.84 Å². The molecule has 0 bridgehead atoms. The Bertz CT molecular complexity index is 1090. The lowest BCUT2D eigenvalue weighted by Crippen LogP contribution is -2.11. The lowest BCUT2D eigenvalue weighted by atomic mass is 10.3. The number of hydrogen-bond acceptors (Lipinski definition) is 8. The van der Waals surface area contributed by atoms with E-state index in [-0.39, 0.29) is 0 Å². The Kier molecular flexibility index (Phi) is 4.57. The maximum atomic E-state index is 12.7. The van der Waals surface area contributed by atoms with Crippen molar-refractivity contribution in [2.24, 2.45) is 0 Å². The molecule has 0 saturated heterocycles. The van der Waals surface area contributed by atoms with Gasteiger partial charge >= 0.3 is 0 Å². The summed E-state index contributed by atoms with van der Waals surface area (Å²) in [5.41, 5.74) is -1.81. The minimum absolute atomic E-state index is 0.447. The number of benzene rings is 2. The van der Waals surface area contributed by atoms with Gasteiger partial charge in [0.05, 0.1) is 20.8 Å². The van der Waals surface area contributed by atoms with Crippen LogP contribution >= 0.6 is 0 Å². The molecular weight excluding hydrogens is 380 g/mol. The van der Waals surface area contributed by atoms with Crippen molar-refractivity contribution >= 4 is 31.3 Å². The summed E-state index contributed by atoms with van der Waals surface area (Å²) in [6, 6.07) is 5.75. The molecule has 0 saturated carbocycles. The molecule has 0 fully saturated rings. The van der Waals surface area contributed by atoms with E-state index < -0.39 is 55.9 Å². The van der Waals surface area contributed by atoms with Crippen LogP contribution in [-0.2, 0) is 20.0 Å². The van der Waals surface area contributed by atoms with E-state index in [4.69, 9.17) is 4.55 Å². The number of nitro benzene ring substituents is 2. The van der Waals surface area contributed by atoms with Crippen LogP contribution in [0.1, 0.15) is 0 Å². The fraction of sp³-hybridized carbons (Fsp3) is 0. The molecule has 25 heavy (non-hydrogen) atoms. The third kappa shape index (κ3) is 3.47. The van der Waals surface area contributed by atoms with Gasteiger partial charge in [-0.05, 0) is 18.2 Å². The van der Waals surface area contributed by atoms with Gasteiger partial charge in [-0.1, -0.05) is 12.1 Å². The Labute approximate surface area is 140 Å². The average Bonchev–Trinajstić information content (AvgIpc) is 2.53. The molecule has 2 rings (SSSR count). The first-order valence-electron chi connectivity index (χ1n) is 6.20. The van der Waals surface area contributed by atoms with Crippen LogP contribution in [0.2, 0.25) is 0 Å². The molecule has 2 aromatic carbocycles. The smallest absolute Gasteiger partial charge is 0.282 e. The minimum Gasteiger partial charge on any atom is -0.282 e. The number of hydrogen-bond donors (Lipinski definition) is 1. The predicted octanol–water partition coefficient (Wildman–Crippen LogP) is 1.58. The number of rotatable bonds is 5. The summed E-state index contributed by atoms with van der Waals surface area (Å²) in [6.07, 6.45) is 0. The van der Waals surface area contributed by atoms with Crippen LogP contribution in [0, 0.1) is 20.2 Å². The second-order valence-electron chi connectivity index (χ2n) is 4.59. The monoisotopic (exact) mass is 388 g/mol. The first-order valence-corrected chi connectivity index (χ1v) is 9.13. The van der Waals surface area contributed by atoms with Gasteiger partial charge < -0.3 is 0 Å². The van der Waals surface area contributed by atoms with E-state index in [1.165, 1.54) is 0 Å². The topological polar surface area (TPSA) is 175 Å². The molecule has 0 unspecified atom stereocenters. The summed E-state index contributed by atoms with van der Waals surface area (Å²) in [4.78, 5) is 16.9. The van der Waals surface area contributed by atoms with Crippen molar-refractivity contribution in [3.63, 3.8) is 0 Å². The lowest BCUT2D eigenvalue weighted by molar-refractivity contribution is -0.396. The molecule has 2 aromatic rings. The number of nitrogens with zero attached hydrogens (tertiary/aromatic N) is 2. The van der Waals surface area contributed by atoms with Crippen molar-refractivity contribution in [3.05, 3.63) is 62.7 Å². The third-order valence-electron chi connectivity index (χ3n) is 3.06. The van der Waals surface area contributed by atoms with E-state index in [2.05, 4.69) is 0 Å². The highest BCUT2D eigenvalue weighted by Gasteiger charge is 2.33. The molecule has 0 aliphatic heterocycles. The van der Waals surface area contributed by atoms with Crippen molar-refractivity contribution in [1.29, 1.82) is 0 Å². The van der Waals surface area contributed by atoms with Crippen LogP contribution in [0.15, 0.2) is 57.2 Å². The number of sulfone groups is 1. The van der Waals surface area contributed by atoms with Crippen molar-refractivity contribution < 1.29 is 31.2 Å². The zero-order valence-corrected chi connectivity index (χ0v) is 13.6. The molecule has 0 radical (unpaired) electrons. The summed E-state index contributed by atoms with van der Waals surface area (Å²) in [5.74, 6) is 0. The van der Waals surface area contributed by atoms with Crippen molar-refractivity contribution in [3.8, 4) is 0 Å². The zero-order valence-electron chi connectivity index (χ0n) is 12.0. The molecule has 0 aromatic heterocycles. The predicted molar refractivity (Wildman–Crippen MR) is 81.5 cm³/mol. The molecule has 0 amide bonds. The van der Waals surface area contributed by atoms with E-state index in [1.807, 2.05) is 0 Å². The van der Waals surface area contributed by atoms with Crippen molar-refractivity contribution in [2.75, 3.05) is 0 Å². The molecule has 0 aliphatic rings. The molecule has 13 heteroatoms. The van der Waals surface area contributed by atoms with Gasteiger partial charge in [-0.3, -0.25) is 24.8 Å². The highest BCUT2D eigenvalue weighted by atomic mass is 32.2. The third-order valence-corrected chi connectivity index (χ3v) is 5.96. The molecule has 132 valence electrons. The van der Waals surface area contributed by atoms with Gasteiger partial charge in [-0.2, -0.15) is 8.42 Å². The number of non-ortho nitro benzene ring substituents is 1. The van der Waals surface area contributed by atoms with Crippen LogP contribution in [-0.4, -0.2) is 31.2 Å². The van der Waals surface area contributed by atoms with Crippen LogP contribution in [0.25, 0.3) is 0 Å². The van der Waals surface area contributed by atoms with Crippen LogP contribution in [0.5, 0.6) is 0 Å². The molecule has 0 aliphatic carbocycles. The average molecular weight is 388 g/mol. The maximum Gasteiger partial charge on any atom is 0.295 e. The van der Waals surface area contributed by atoms with Gasteiger partial charge in [-0.25, -0.2) is 8.42 Å². The van der Waals surface area contributed by atoms with Crippen molar-refractivity contribution in [1.82, 2.24) is 0 Å². The standard InChI is InChI=1S/C12H8N2O9S2/c15-13(16)8-5-6-10(9(7-8)14(17)18)24(19,20)11-3-1-2-4-12(11)25(21,22)23/h1-7H,(H,21,22,23). The first-order chi connectivity index (χ1) is 11.5. The normalized spacial score (nSPS) is 11.9. The summed E-state index contributed by atoms with van der Waals surface area (Å²) in [7, 11) is -9.71. The molecular formula is C12H8N2O9S2. The molecule has 0 atom stereocenters.